The number of fused-ring (bicyclic) bond motifs is 10. The molecule has 4 saturated heterocycles. The zero-order valence-corrected chi connectivity index (χ0v) is 53.9. The number of carbonyl (C=O) groups excluding carboxylic acids is 8. The third kappa shape index (κ3) is 16.3. The van der Waals surface area contributed by atoms with Crippen molar-refractivity contribution in [1.29, 1.82) is 0 Å². The summed E-state index contributed by atoms with van der Waals surface area (Å²) in [6, 6.07) is 15.9. The van der Waals surface area contributed by atoms with E-state index >= 15 is 0 Å². The Labute approximate surface area is 527 Å². The maximum Gasteiger partial charge on any atom is 0.312 e. The van der Waals surface area contributed by atoms with Crippen LogP contribution < -0.4 is 32.1 Å². The fourth-order valence-electron chi connectivity index (χ4n) is 12.4. The number of benzene rings is 2. The lowest BCUT2D eigenvalue weighted by molar-refractivity contribution is -0.175. The van der Waals surface area contributed by atoms with Crippen LogP contribution in [0.15, 0.2) is 72.8 Å². The Morgan fingerprint density at radius 3 is 1.24 bits per heavy atom. The maximum absolute atomic E-state index is 13.6. The zero-order chi connectivity index (χ0) is 64.9. The van der Waals surface area contributed by atoms with Gasteiger partial charge in [0.25, 0.3) is 23.6 Å². The van der Waals surface area contributed by atoms with Crippen LogP contribution in [0.3, 0.4) is 0 Å². The highest BCUT2D eigenvalue weighted by molar-refractivity contribution is 5.93. The molecule has 2 aromatic heterocycles. The summed E-state index contributed by atoms with van der Waals surface area (Å²) in [5, 5.41) is 16.3. The van der Waals surface area contributed by atoms with Gasteiger partial charge in [-0.3, -0.25) is 58.3 Å². The first kappa shape index (κ1) is 66.8. The minimum absolute atomic E-state index is 0.163. The first-order valence-corrected chi connectivity index (χ1v) is 31.9. The third-order valence-corrected chi connectivity index (χ3v) is 17.8. The van der Waals surface area contributed by atoms with Crippen LogP contribution in [0.2, 0.25) is 0 Å². The molecule has 0 spiro atoms. The monoisotopic (exact) mass is 1240 g/mol. The molecule has 2 unspecified atom stereocenters. The molecule has 2 aromatic carbocycles. The van der Waals surface area contributed by atoms with Crippen molar-refractivity contribution in [3.8, 4) is 0 Å². The molecule has 10 rings (SSSR count). The highest BCUT2D eigenvalue weighted by Gasteiger charge is 2.44. The van der Waals surface area contributed by atoms with Gasteiger partial charge in [-0.2, -0.15) is 0 Å². The molecule has 4 aromatic rings. The first-order valence-electron chi connectivity index (χ1n) is 31.9. The lowest BCUT2D eigenvalue weighted by Crippen LogP contribution is -2.61. The molecule has 0 radical (unpaired) electrons. The number of nitrogens with zero attached hydrogens (tertiary/aromatic N) is 4. The van der Waals surface area contributed by atoms with E-state index in [0.29, 0.717) is 63.0 Å². The van der Waals surface area contributed by atoms with E-state index in [2.05, 4.69) is 32.1 Å². The van der Waals surface area contributed by atoms with E-state index in [1.54, 1.807) is 41.5 Å². The van der Waals surface area contributed by atoms with Crippen LogP contribution in [-0.2, 0) is 57.3 Å². The van der Waals surface area contributed by atoms with E-state index in [9.17, 15) is 38.4 Å². The van der Waals surface area contributed by atoms with E-state index < -0.39 is 83.2 Å². The predicted octanol–water partition coefficient (Wildman–Crippen LogP) is 6.88. The van der Waals surface area contributed by atoms with E-state index in [0.717, 1.165) is 32.9 Å². The van der Waals surface area contributed by atoms with E-state index in [1.165, 1.54) is 10.0 Å². The molecule has 0 aliphatic carbocycles. The van der Waals surface area contributed by atoms with Gasteiger partial charge in [-0.15, -0.1) is 0 Å². The van der Waals surface area contributed by atoms with Gasteiger partial charge in [0, 0.05) is 23.9 Å². The summed E-state index contributed by atoms with van der Waals surface area (Å²) in [5.74, 6) is -5.65. The number of esters is 2. The van der Waals surface area contributed by atoms with Crippen LogP contribution in [0.4, 0.5) is 0 Å². The summed E-state index contributed by atoms with van der Waals surface area (Å²) in [6.45, 7) is 23.2. The number of amides is 6. The Kier molecular flexibility index (Phi) is 20.9. The summed E-state index contributed by atoms with van der Waals surface area (Å²) in [7, 11) is 0. The van der Waals surface area contributed by atoms with Crippen LogP contribution in [0.25, 0.3) is 34.0 Å². The van der Waals surface area contributed by atoms with Gasteiger partial charge in [-0.05, 0) is 153 Å². The number of aromatic nitrogens is 2. The van der Waals surface area contributed by atoms with Gasteiger partial charge in [-0.25, -0.2) is 10.9 Å². The van der Waals surface area contributed by atoms with Crippen LogP contribution in [0.5, 0.6) is 0 Å². The topological polar surface area (TPSA) is 278 Å². The molecule has 12 atom stereocenters. The van der Waals surface area contributed by atoms with Gasteiger partial charge < -0.3 is 40.2 Å². The molecule has 4 fully saturated rings. The highest BCUT2D eigenvalue weighted by atomic mass is 16.6. The van der Waals surface area contributed by atoms with Gasteiger partial charge in [0.15, 0.2) is 12.2 Å². The minimum atomic E-state index is -1.10. The number of cyclic esters (lactones) is 2. The molecule has 8 heterocycles. The molecule has 6 aliphatic rings. The molecule has 0 saturated carbocycles. The number of carbonyl (C=O) groups is 8. The third-order valence-electron chi connectivity index (χ3n) is 17.8. The molecule has 6 amide bonds. The molecule has 6 aliphatic heterocycles. The fourth-order valence-corrected chi connectivity index (χ4v) is 12.4. The molecule has 90 heavy (non-hydrogen) atoms. The highest BCUT2D eigenvalue weighted by Crippen LogP contribution is 2.37. The van der Waals surface area contributed by atoms with Crippen molar-refractivity contribution in [2.75, 3.05) is 26.3 Å². The van der Waals surface area contributed by atoms with Crippen molar-refractivity contribution in [3.05, 3.63) is 95.3 Å². The predicted molar refractivity (Wildman–Crippen MR) is 338 cm³/mol. The molecule has 22 nitrogen and oxygen atoms in total. The van der Waals surface area contributed by atoms with E-state index in [-0.39, 0.29) is 72.6 Å². The maximum atomic E-state index is 13.6. The average molecular weight is 1240 g/mol. The largest absolute Gasteiger partial charge is 0.452 e. The molecule has 6 N–H and O–H groups in total. The van der Waals surface area contributed by atoms with Gasteiger partial charge in [0.1, 0.15) is 24.2 Å². The fraction of sp³-hybridized carbons (Fsp3) is 0.559. The summed E-state index contributed by atoms with van der Waals surface area (Å²) in [5.41, 5.74) is 10.0. The Morgan fingerprint density at radius 1 is 0.500 bits per heavy atom. The average Bonchev–Trinajstić information content (AvgIpc) is 1.07. The van der Waals surface area contributed by atoms with Crippen molar-refractivity contribution < 1.29 is 57.3 Å². The standard InChI is InChI=1S/2C34H45N5O6/c2*1-19(2)29-31(41)36-21(4)32(42)39-15-7-8-27(38-39)30(40)35-20(3)26-14-13-23-11-9-22(16-28(23)37-26)10-12-24-17-34(5,6)44-18-25(24)33(43)45-29/h2*9-14,16,19-21,24-25,27,29,38H,7-8,15,17-18H2,1-6H3,(H,35,40)(H,36,41)/b2*12-10+/t20-,21+,24+,25?,27+,29+;20-,21+,24-,25?,27+,29+/m11/s1. The molecular formula is C68H90N10O12. The number of pyridine rings is 2. The molecule has 484 valence electrons. The minimum Gasteiger partial charge on any atom is -0.452 e. The van der Waals surface area contributed by atoms with Gasteiger partial charge in [0.05, 0.1) is 70.8 Å². The van der Waals surface area contributed by atoms with Crippen molar-refractivity contribution in [1.82, 2.24) is 52.1 Å². The normalized spacial score (nSPS) is 30.6. The number of hydrazine groups is 2. The summed E-state index contributed by atoms with van der Waals surface area (Å²) in [4.78, 5) is 117. The van der Waals surface area contributed by atoms with Crippen molar-refractivity contribution in [2.45, 2.75) is 181 Å². The second kappa shape index (κ2) is 28.2. The van der Waals surface area contributed by atoms with Crippen molar-refractivity contribution in [3.63, 3.8) is 0 Å². The Morgan fingerprint density at radius 2 is 0.867 bits per heavy atom. The van der Waals surface area contributed by atoms with Gasteiger partial charge >= 0.3 is 11.9 Å². The number of ether oxygens (including phenoxy) is 4. The van der Waals surface area contributed by atoms with Crippen LogP contribution in [-0.4, -0.2) is 141 Å². The summed E-state index contributed by atoms with van der Waals surface area (Å²) in [6.07, 6.45) is 9.32. The smallest absolute Gasteiger partial charge is 0.312 e. The number of allylic oxidation sites excluding steroid dienone is 2. The van der Waals surface area contributed by atoms with Crippen LogP contribution in [0, 0.1) is 35.5 Å². The summed E-state index contributed by atoms with van der Waals surface area (Å²) >= 11 is 0. The number of nitrogens with one attached hydrogen (secondary N) is 6. The molecule has 22 heteroatoms. The first-order chi connectivity index (χ1) is 42.6. The van der Waals surface area contributed by atoms with Gasteiger partial charge in [-0.1, -0.05) is 88.4 Å². The van der Waals surface area contributed by atoms with Crippen LogP contribution in [0.1, 0.15) is 156 Å². The second-order valence-corrected chi connectivity index (χ2v) is 26.9. The lowest BCUT2D eigenvalue weighted by Gasteiger charge is -2.39. The van der Waals surface area contributed by atoms with E-state index in [4.69, 9.17) is 28.9 Å². The Balaban J connectivity index is 0.000000213. The zero-order valence-electron chi connectivity index (χ0n) is 53.9. The Bertz CT molecular complexity index is 3200. The van der Waals surface area contributed by atoms with Crippen LogP contribution >= 0.6 is 0 Å². The van der Waals surface area contributed by atoms with E-state index in [1.807, 2.05) is 127 Å². The van der Waals surface area contributed by atoms with Gasteiger partial charge in [0.2, 0.25) is 11.8 Å². The number of hydrogen-bond acceptors (Lipinski definition) is 16. The molecule has 10 bridgehead atoms. The summed E-state index contributed by atoms with van der Waals surface area (Å²) < 4.78 is 23.8. The number of rotatable bonds is 2. The Hall–Kier alpha value is -7.66. The van der Waals surface area contributed by atoms with Crippen molar-refractivity contribution in [2.24, 2.45) is 35.5 Å². The molecular weight excluding hydrogens is 1150 g/mol. The SMILES string of the molecule is CC(C)[C@@H]1OC(=O)C2COC(C)(C)C[C@@H]2/C=C/c2ccc3ccc(nc3c2)[C@@H](C)NC(=O)[C@@H]2CCCN(N2)C(=O)[C@H](C)NC1=O.CC(C)[C@@H]1OC(=O)C2COC(C)(C)C[C@H]2/C=C/c2ccc3ccc(nc3c2)[C@@H](C)NC(=O)[C@@H]2CCCN(N2)C(=O)[C@H](C)NC1=O. The lowest BCUT2D eigenvalue weighted by atomic mass is 9.80. The van der Waals surface area contributed by atoms with Crippen molar-refractivity contribution >= 4 is 81.3 Å². The second-order valence-electron chi connectivity index (χ2n) is 26.9. The quantitative estimate of drug-likeness (QED) is 0.112. The number of hydrogen-bond donors (Lipinski definition) is 6.